The number of nitrogens with zero attached hydrogens (tertiary/aromatic N) is 5. The molecule has 0 aliphatic heterocycles. The Morgan fingerprint density at radius 2 is 2.20 bits per heavy atom. The molecule has 0 radical (unpaired) electrons. The molecule has 0 saturated heterocycles. The van der Waals surface area contributed by atoms with Crippen molar-refractivity contribution >= 4 is 17.3 Å². The van der Waals surface area contributed by atoms with E-state index in [1.807, 2.05) is 14.0 Å². The summed E-state index contributed by atoms with van der Waals surface area (Å²) in [4.78, 5) is 15.7. The summed E-state index contributed by atoms with van der Waals surface area (Å²) >= 11 is 1.67. The fourth-order valence-electron chi connectivity index (χ4n) is 2.29. The maximum Gasteiger partial charge on any atom is 0.226 e. The number of nitrogens with one attached hydrogen (secondary N) is 1. The summed E-state index contributed by atoms with van der Waals surface area (Å²) in [7, 11) is 2.03. The van der Waals surface area contributed by atoms with Crippen molar-refractivity contribution in [1.82, 2.24) is 25.3 Å². The summed E-state index contributed by atoms with van der Waals surface area (Å²) in [6, 6.07) is 0. The third kappa shape index (κ3) is 6.12. The second-order valence-corrected chi connectivity index (χ2v) is 7.32. The molecule has 8 heteroatoms. The molecule has 2 aromatic rings. The molecule has 2 rings (SSSR count). The van der Waals surface area contributed by atoms with Gasteiger partial charge in [-0.15, -0.1) is 11.3 Å². The van der Waals surface area contributed by atoms with E-state index in [9.17, 15) is 0 Å². The van der Waals surface area contributed by atoms with Crippen LogP contribution in [0.4, 0.5) is 0 Å². The monoisotopic (exact) mass is 364 g/mol. The van der Waals surface area contributed by atoms with Gasteiger partial charge < -0.3 is 14.7 Å². The van der Waals surface area contributed by atoms with Gasteiger partial charge in [0.2, 0.25) is 5.89 Å². The largest absolute Gasteiger partial charge is 0.357 e. The van der Waals surface area contributed by atoms with Crippen LogP contribution in [-0.2, 0) is 13.0 Å². The zero-order valence-electron chi connectivity index (χ0n) is 15.7. The highest BCUT2D eigenvalue weighted by molar-refractivity contribution is 7.09. The third-order valence-corrected chi connectivity index (χ3v) is 4.40. The lowest BCUT2D eigenvalue weighted by atomic mass is 10.2. The van der Waals surface area contributed by atoms with Crippen LogP contribution < -0.4 is 5.32 Å². The number of aliphatic imine (C=N–C) groups is 1. The van der Waals surface area contributed by atoms with E-state index in [0.29, 0.717) is 18.4 Å². The highest BCUT2D eigenvalue weighted by Crippen LogP contribution is 2.11. The second-order valence-electron chi connectivity index (χ2n) is 6.25. The lowest BCUT2D eigenvalue weighted by Crippen LogP contribution is -2.38. The van der Waals surface area contributed by atoms with Crippen LogP contribution in [0.2, 0.25) is 0 Å². The third-order valence-electron chi connectivity index (χ3n) is 3.57. The van der Waals surface area contributed by atoms with Crippen LogP contribution in [-0.4, -0.2) is 46.1 Å². The van der Waals surface area contributed by atoms with Crippen molar-refractivity contribution in [2.45, 2.75) is 53.0 Å². The van der Waals surface area contributed by atoms with E-state index in [-0.39, 0.29) is 0 Å². The van der Waals surface area contributed by atoms with E-state index < -0.39 is 0 Å². The number of rotatable bonds is 8. The minimum atomic E-state index is 0.291. The van der Waals surface area contributed by atoms with Crippen molar-refractivity contribution in [3.05, 3.63) is 27.8 Å². The van der Waals surface area contributed by atoms with Gasteiger partial charge in [0.1, 0.15) is 0 Å². The number of hydrogen-bond acceptors (Lipinski definition) is 6. The van der Waals surface area contributed by atoms with Crippen molar-refractivity contribution in [3.8, 4) is 0 Å². The second kappa shape index (κ2) is 9.50. The molecule has 25 heavy (non-hydrogen) atoms. The molecule has 0 aliphatic rings. The standard InChI is InChI=1S/C17H28N6OS/c1-6-18-17(23(5)10-14-11-25-13(4)20-14)19-9-7-8-15-21-16(12(2)3)22-24-15/h11-12H,6-10H2,1-5H3,(H,18,19). The molecule has 2 heterocycles. The van der Waals surface area contributed by atoms with Gasteiger partial charge in [0.05, 0.1) is 17.2 Å². The van der Waals surface area contributed by atoms with Crippen molar-refractivity contribution in [2.24, 2.45) is 4.99 Å². The fourth-order valence-corrected chi connectivity index (χ4v) is 2.89. The molecule has 0 fully saturated rings. The van der Waals surface area contributed by atoms with Gasteiger partial charge in [-0.1, -0.05) is 19.0 Å². The Balaban J connectivity index is 1.85. The lowest BCUT2D eigenvalue weighted by Gasteiger charge is -2.21. The van der Waals surface area contributed by atoms with Gasteiger partial charge >= 0.3 is 0 Å². The van der Waals surface area contributed by atoms with Crippen LogP contribution in [0.5, 0.6) is 0 Å². The zero-order valence-corrected chi connectivity index (χ0v) is 16.6. The van der Waals surface area contributed by atoms with E-state index in [4.69, 9.17) is 9.52 Å². The fraction of sp³-hybridized carbons (Fsp3) is 0.647. The quantitative estimate of drug-likeness (QED) is 0.441. The maximum atomic E-state index is 5.27. The number of aromatic nitrogens is 3. The smallest absolute Gasteiger partial charge is 0.226 e. The molecule has 0 bridgehead atoms. The number of guanidine groups is 1. The van der Waals surface area contributed by atoms with Gasteiger partial charge in [-0.05, 0) is 20.3 Å². The normalized spacial score (nSPS) is 12.0. The molecular weight excluding hydrogens is 336 g/mol. The summed E-state index contributed by atoms with van der Waals surface area (Å²) < 4.78 is 5.27. The Kier molecular flexibility index (Phi) is 7.36. The molecule has 0 amide bonds. The molecular formula is C17H28N6OS. The Morgan fingerprint density at radius 3 is 2.80 bits per heavy atom. The Labute approximate surface area is 153 Å². The van der Waals surface area contributed by atoms with Gasteiger partial charge in [-0.3, -0.25) is 4.99 Å². The zero-order chi connectivity index (χ0) is 18.2. The van der Waals surface area contributed by atoms with Gasteiger partial charge in [-0.25, -0.2) is 4.98 Å². The average molecular weight is 365 g/mol. The first-order valence-electron chi connectivity index (χ1n) is 8.72. The first-order chi connectivity index (χ1) is 12.0. The minimum absolute atomic E-state index is 0.291. The van der Waals surface area contributed by atoms with Gasteiger partial charge in [-0.2, -0.15) is 4.98 Å². The summed E-state index contributed by atoms with van der Waals surface area (Å²) in [5.74, 6) is 2.64. The topological polar surface area (TPSA) is 79.4 Å². The van der Waals surface area contributed by atoms with E-state index >= 15 is 0 Å². The van der Waals surface area contributed by atoms with Crippen LogP contribution in [0.15, 0.2) is 14.9 Å². The van der Waals surface area contributed by atoms with Crippen LogP contribution >= 0.6 is 11.3 Å². The van der Waals surface area contributed by atoms with Crippen molar-refractivity contribution in [1.29, 1.82) is 0 Å². The lowest BCUT2D eigenvalue weighted by molar-refractivity contribution is 0.369. The summed E-state index contributed by atoms with van der Waals surface area (Å²) in [5, 5.41) is 10.5. The van der Waals surface area contributed by atoms with E-state index in [1.165, 1.54) is 0 Å². The number of hydrogen-bond donors (Lipinski definition) is 1. The van der Waals surface area contributed by atoms with Gasteiger partial charge in [0, 0.05) is 37.9 Å². The number of thiazole rings is 1. The molecule has 0 atom stereocenters. The summed E-state index contributed by atoms with van der Waals surface area (Å²) in [6.07, 6.45) is 1.62. The van der Waals surface area contributed by atoms with Crippen molar-refractivity contribution in [2.75, 3.05) is 20.1 Å². The molecule has 0 aliphatic carbocycles. The highest BCUT2D eigenvalue weighted by atomic mass is 32.1. The molecule has 1 N–H and O–H groups in total. The van der Waals surface area contributed by atoms with Crippen LogP contribution in [0, 0.1) is 6.92 Å². The van der Waals surface area contributed by atoms with Crippen LogP contribution in [0.3, 0.4) is 0 Å². The van der Waals surface area contributed by atoms with Gasteiger partial charge in [0.25, 0.3) is 0 Å². The predicted molar refractivity (Wildman–Crippen MR) is 101 cm³/mol. The van der Waals surface area contributed by atoms with Crippen molar-refractivity contribution in [3.63, 3.8) is 0 Å². The molecule has 7 nitrogen and oxygen atoms in total. The summed E-state index contributed by atoms with van der Waals surface area (Å²) in [5.41, 5.74) is 1.07. The van der Waals surface area contributed by atoms with Crippen LogP contribution in [0.25, 0.3) is 0 Å². The predicted octanol–water partition coefficient (Wildman–Crippen LogP) is 2.99. The molecule has 138 valence electrons. The molecule has 0 unspecified atom stereocenters. The first-order valence-corrected chi connectivity index (χ1v) is 9.60. The van der Waals surface area contributed by atoms with Crippen LogP contribution in [0.1, 0.15) is 55.5 Å². The van der Waals surface area contributed by atoms with Crippen molar-refractivity contribution < 1.29 is 4.52 Å². The SMILES string of the molecule is CCNC(=NCCCc1nc(C(C)C)no1)N(C)Cc1csc(C)n1. The average Bonchev–Trinajstić information content (AvgIpc) is 3.19. The van der Waals surface area contributed by atoms with Gasteiger partial charge in [0.15, 0.2) is 11.8 Å². The molecule has 0 saturated carbocycles. The number of aryl methyl sites for hydroxylation is 2. The van der Waals surface area contributed by atoms with E-state index in [1.54, 1.807) is 11.3 Å². The molecule has 0 aromatic carbocycles. The maximum absolute atomic E-state index is 5.27. The Hall–Kier alpha value is -1.96. The first kappa shape index (κ1) is 19.4. The minimum Gasteiger partial charge on any atom is -0.357 e. The van der Waals surface area contributed by atoms with E-state index in [2.05, 4.69) is 51.5 Å². The Morgan fingerprint density at radius 1 is 1.40 bits per heavy atom. The Bertz CT molecular complexity index is 678. The molecule has 2 aromatic heterocycles. The summed E-state index contributed by atoms with van der Waals surface area (Å²) in [6.45, 7) is 10.5. The highest BCUT2D eigenvalue weighted by Gasteiger charge is 2.10. The van der Waals surface area contributed by atoms with E-state index in [0.717, 1.165) is 48.4 Å². The molecule has 0 spiro atoms.